The molecule has 4 rings (SSSR count). The number of rotatable bonds is 7. The first-order valence-electron chi connectivity index (χ1n) is 11.4. The van der Waals surface area contributed by atoms with Crippen LogP contribution < -0.4 is 5.32 Å². The Morgan fingerprint density at radius 2 is 1.72 bits per heavy atom. The Labute approximate surface area is 190 Å². The summed E-state index contributed by atoms with van der Waals surface area (Å²) in [7, 11) is -0.346. The van der Waals surface area contributed by atoms with Crippen molar-refractivity contribution in [1.29, 1.82) is 0 Å². The van der Waals surface area contributed by atoms with Gasteiger partial charge < -0.3 is 14.4 Å². The standard InChI is InChI=1S/C26H32NO4P/c1-30-32(29,31-2)18-19-8-14-25(15-9-19)27-26(28)23-13-11-21-10-12-22(16-24(21)17-23)20-6-4-3-5-7-20/h8-10,12,14-17,20H,3-7,11,13,18H2,1-2H3,(H,27,28). The predicted molar refractivity (Wildman–Crippen MR) is 129 cm³/mol. The van der Waals surface area contributed by atoms with Crippen molar-refractivity contribution in [2.24, 2.45) is 0 Å². The van der Waals surface area contributed by atoms with Gasteiger partial charge in [0.25, 0.3) is 5.91 Å². The van der Waals surface area contributed by atoms with Crippen LogP contribution in [-0.4, -0.2) is 20.1 Å². The van der Waals surface area contributed by atoms with E-state index >= 15 is 0 Å². The van der Waals surface area contributed by atoms with Gasteiger partial charge in [-0.25, -0.2) is 0 Å². The van der Waals surface area contributed by atoms with Gasteiger partial charge in [0.1, 0.15) is 0 Å². The van der Waals surface area contributed by atoms with Crippen LogP contribution in [0.2, 0.25) is 0 Å². The molecule has 0 radical (unpaired) electrons. The number of fused-ring (bicyclic) bond motifs is 1. The van der Waals surface area contributed by atoms with E-state index in [1.807, 2.05) is 24.3 Å². The van der Waals surface area contributed by atoms with E-state index in [1.54, 1.807) is 0 Å². The van der Waals surface area contributed by atoms with Gasteiger partial charge >= 0.3 is 7.60 Å². The van der Waals surface area contributed by atoms with Gasteiger partial charge in [0.05, 0.1) is 6.16 Å². The van der Waals surface area contributed by atoms with Crippen molar-refractivity contribution in [3.05, 3.63) is 70.3 Å². The highest BCUT2D eigenvalue weighted by Gasteiger charge is 2.22. The summed E-state index contributed by atoms with van der Waals surface area (Å²) in [6.45, 7) is 0. The molecule has 0 aliphatic heterocycles. The van der Waals surface area contributed by atoms with Gasteiger partial charge in [0.2, 0.25) is 0 Å². The molecule has 2 aliphatic carbocycles. The molecule has 0 bridgehead atoms. The maximum absolute atomic E-state index is 12.9. The molecule has 1 saturated carbocycles. The van der Waals surface area contributed by atoms with Crippen LogP contribution in [-0.2, 0) is 31.0 Å². The molecular formula is C26H32NO4P. The summed E-state index contributed by atoms with van der Waals surface area (Å²) in [5.74, 6) is 0.595. The Morgan fingerprint density at radius 3 is 2.41 bits per heavy atom. The summed E-state index contributed by atoms with van der Waals surface area (Å²) < 4.78 is 22.3. The molecule has 0 spiro atoms. The fourth-order valence-corrected chi connectivity index (χ4v) is 5.77. The number of amides is 1. The summed E-state index contributed by atoms with van der Waals surface area (Å²) in [6.07, 6.45) is 10.4. The smallest absolute Gasteiger partial charge is 0.322 e. The second-order valence-corrected chi connectivity index (χ2v) is 11.0. The second-order valence-electron chi connectivity index (χ2n) is 8.75. The maximum Gasteiger partial charge on any atom is 0.334 e. The average Bonchev–Trinajstić information content (AvgIpc) is 2.85. The minimum absolute atomic E-state index is 0.0640. The summed E-state index contributed by atoms with van der Waals surface area (Å²) >= 11 is 0. The van der Waals surface area contributed by atoms with E-state index in [9.17, 15) is 9.36 Å². The normalized spacial score (nSPS) is 16.9. The third kappa shape index (κ3) is 5.40. The van der Waals surface area contributed by atoms with Gasteiger partial charge in [0, 0.05) is 25.5 Å². The maximum atomic E-state index is 12.9. The molecule has 0 heterocycles. The van der Waals surface area contributed by atoms with E-state index in [2.05, 4.69) is 29.6 Å². The van der Waals surface area contributed by atoms with Crippen LogP contribution in [0.25, 0.3) is 6.08 Å². The molecule has 6 heteroatoms. The number of nitrogens with one attached hydrogen (secondary N) is 1. The molecular weight excluding hydrogens is 421 g/mol. The Morgan fingerprint density at radius 1 is 1.00 bits per heavy atom. The van der Waals surface area contributed by atoms with Crippen LogP contribution in [0, 0.1) is 0 Å². The summed E-state index contributed by atoms with van der Waals surface area (Å²) in [5, 5.41) is 3.00. The molecule has 5 nitrogen and oxygen atoms in total. The highest BCUT2D eigenvalue weighted by molar-refractivity contribution is 7.52. The van der Waals surface area contributed by atoms with Crippen molar-refractivity contribution < 1.29 is 18.4 Å². The minimum atomic E-state index is -3.11. The van der Waals surface area contributed by atoms with Gasteiger partial charge in [-0.1, -0.05) is 49.6 Å². The van der Waals surface area contributed by atoms with Crippen LogP contribution in [0.5, 0.6) is 0 Å². The molecule has 32 heavy (non-hydrogen) atoms. The van der Waals surface area contributed by atoms with Crippen molar-refractivity contribution in [1.82, 2.24) is 0 Å². The molecule has 1 amide bonds. The van der Waals surface area contributed by atoms with E-state index in [0.29, 0.717) is 11.6 Å². The molecule has 0 unspecified atom stereocenters. The number of carbonyl (C=O) groups excluding carboxylic acids is 1. The molecule has 2 aromatic rings. The van der Waals surface area contributed by atoms with Crippen molar-refractivity contribution in [3.8, 4) is 0 Å². The molecule has 170 valence electrons. The van der Waals surface area contributed by atoms with Crippen molar-refractivity contribution in [2.45, 2.75) is 57.0 Å². The van der Waals surface area contributed by atoms with Gasteiger partial charge in [-0.05, 0) is 72.1 Å². The van der Waals surface area contributed by atoms with Crippen LogP contribution >= 0.6 is 7.60 Å². The Bertz CT molecular complexity index is 1030. The average molecular weight is 454 g/mol. The monoisotopic (exact) mass is 453 g/mol. The first-order valence-corrected chi connectivity index (χ1v) is 13.2. The minimum Gasteiger partial charge on any atom is -0.322 e. The zero-order valence-electron chi connectivity index (χ0n) is 18.9. The molecule has 0 aromatic heterocycles. The molecule has 2 aliphatic rings. The second kappa shape index (κ2) is 10.2. The number of aryl methyl sites for hydroxylation is 1. The topological polar surface area (TPSA) is 64.6 Å². The van der Waals surface area contributed by atoms with E-state index in [1.165, 1.54) is 63.0 Å². The van der Waals surface area contributed by atoms with Crippen LogP contribution in [0.3, 0.4) is 0 Å². The van der Waals surface area contributed by atoms with Crippen LogP contribution in [0.1, 0.15) is 66.7 Å². The first kappa shape index (κ1) is 23.0. The molecule has 0 atom stereocenters. The fourth-order valence-electron chi connectivity index (χ4n) is 4.71. The van der Waals surface area contributed by atoms with Crippen molar-refractivity contribution in [2.75, 3.05) is 19.5 Å². The SMILES string of the molecule is COP(=O)(Cc1ccc(NC(=O)C2=Cc3cc(C4CCCCC4)ccc3CC2)cc1)OC. The highest BCUT2D eigenvalue weighted by Crippen LogP contribution is 2.49. The zero-order chi connectivity index (χ0) is 22.6. The van der Waals surface area contributed by atoms with E-state index in [4.69, 9.17) is 9.05 Å². The van der Waals surface area contributed by atoms with E-state index in [-0.39, 0.29) is 12.1 Å². The zero-order valence-corrected chi connectivity index (χ0v) is 19.8. The summed E-state index contributed by atoms with van der Waals surface area (Å²) in [6, 6.07) is 14.2. The van der Waals surface area contributed by atoms with Gasteiger partial charge in [-0.3, -0.25) is 9.36 Å². The van der Waals surface area contributed by atoms with E-state index in [0.717, 1.165) is 24.0 Å². The molecule has 0 saturated heterocycles. The van der Waals surface area contributed by atoms with Crippen molar-refractivity contribution >= 4 is 25.3 Å². The quantitative estimate of drug-likeness (QED) is 0.475. The van der Waals surface area contributed by atoms with Gasteiger partial charge in [-0.2, -0.15) is 0 Å². The van der Waals surface area contributed by atoms with Crippen molar-refractivity contribution in [3.63, 3.8) is 0 Å². The molecule has 1 N–H and O–H groups in total. The first-order chi connectivity index (χ1) is 15.5. The number of benzene rings is 2. The number of carbonyl (C=O) groups is 1. The third-order valence-electron chi connectivity index (χ3n) is 6.68. The molecule has 1 fully saturated rings. The highest BCUT2D eigenvalue weighted by atomic mass is 31.2. The Hall–Kier alpha value is -2.20. The number of anilines is 1. The largest absolute Gasteiger partial charge is 0.334 e. The Kier molecular flexibility index (Phi) is 7.30. The number of hydrogen-bond acceptors (Lipinski definition) is 4. The molecule has 2 aromatic carbocycles. The predicted octanol–water partition coefficient (Wildman–Crippen LogP) is 6.69. The summed E-state index contributed by atoms with van der Waals surface area (Å²) in [5.41, 5.74) is 6.29. The van der Waals surface area contributed by atoms with Gasteiger partial charge in [-0.15, -0.1) is 0 Å². The Balaban J connectivity index is 1.44. The van der Waals surface area contributed by atoms with Crippen LogP contribution in [0.15, 0.2) is 48.0 Å². The van der Waals surface area contributed by atoms with Crippen LogP contribution in [0.4, 0.5) is 5.69 Å². The lowest BCUT2D eigenvalue weighted by atomic mass is 9.81. The summed E-state index contributed by atoms with van der Waals surface area (Å²) in [4.78, 5) is 12.9. The lowest BCUT2D eigenvalue weighted by Gasteiger charge is -2.24. The third-order valence-corrected chi connectivity index (χ3v) is 8.54. The fraction of sp³-hybridized carbons (Fsp3) is 0.423. The van der Waals surface area contributed by atoms with Gasteiger partial charge in [0.15, 0.2) is 0 Å². The number of hydrogen-bond donors (Lipinski definition) is 1. The van der Waals surface area contributed by atoms with E-state index < -0.39 is 7.60 Å². The lowest BCUT2D eigenvalue weighted by Crippen LogP contribution is -2.17. The lowest BCUT2D eigenvalue weighted by molar-refractivity contribution is -0.112.